The van der Waals surface area contributed by atoms with E-state index in [0.29, 0.717) is 22.5 Å². The molecule has 0 radical (unpaired) electrons. The monoisotopic (exact) mass is 497 g/mol. The van der Waals surface area contributed by atoms with Crippen molar-refractivity contribution in [3.63, 3.8) is 0 Å². The molecule has 3 aliphatic heterocycles. The van der Waals surface area contributed by atoms with E-state index in [4.69, 9.17) is 16.3 Å². The normalized spacial score (nSPS) is 27.6. The maximum Gasteiger partial charge on any atom is 0.332 e. The first-order chi connectivity index (χ1) is 16.4. The van der Waals surface area contributed by atoms with E-state index in [2.05, 4.69) is 4.99 Å². The van der Waals surface area contributed by atoms with Crippen molar-refractivity contribution in [2.75, 3.05) is 13.7 Å². The summed E-state index contributed by atoms with van der Waals surface area (Å²) < 4.78 is 5.17. The Morgan fingerprint density at radius 3 is 2.50 bits per heavy atom. The number of thioether (sulfide) groups is 1. The van der Waals surface area contributed by atoms with Crippen molar-refractivity contribution in [3.05, 3.63) is 70.7 Å². The van der Waals surface area contributed by atoms with Crippen molar-refractivity contribution in [1.82, 2.24) is 9.80 Å². The van der Waals surface area contributed by atoms with Gasteiger partial charge in [-0.05, 0) is 30.2 Å². The van der Waals surface area contributed by atoms with Gasteiger partial charge in [-0.1, -0.05) is 65.8 Å². The van der Waals surface area contributed by atoms with Crippen LogP contribution in [0.15, 0.2) is 59.6 Å². The Bertz CT molecular complexity index is 1170. The number of hydrogen-bond donors (Lipinski definition) is 0. The van der Waals surface area contributed by atoms with Gasteiger partial charge < -0.3 is 9.64 Å². The Balaban J connectivity index is 1.43. The van der Waals surface area contributed by atoms with Crippen LogP contribution in [0.4, 0.5) is 0 Å². The summed E-state index contributed by atoms with van der Waals surface area (Å²) in [5, 5.41) is 1.31. The number of imide groups is 1. The first-order valence-electron chi connectivity index (χ1n) is 11.0. The number of rotatable bonds is 5. The van der Waals surface area contributed by atoms with Crippen LogP contribution in [0.3, 0.4) is 0 Å². The summed E-state index contributed by atoms with van der Waals surface area (Å²) in [6.45, 7) is 2.25. The van der Waals surface area contributed by atoms with Crippen LogP contribution in [0.2, 0.25) is 5.02 Å². The maximum atomic E-state index is 13.6. The Morgan fingerprint density at radius 2 is 1.82 bits per heavy atom. The van der Waals surface area contributed by atoms with E-state index in [1.165, 1.54) is 23.8 Å². The number of ether oxygens (including phenoxy) is 1. The molecule has 2 amide bonds. The number of aliphatic imine (C=N–C) groups is 1. The van der Waals surface area contributed by atoms with Gasteiger partial charge >= 0.3 is 5.97 Å². The third kappa shape index (κ3) is 3.51. The lowest BCUT2D eigenvalue weighted by Crippen LogP contribution is -2.57. The summed E-state index contributed by atoms with van der Waals surface area (Å²) in [6.07, 6.45) is 0. The van der Waals surface area contributed by atoms with E-state index < -0.39 is 23.3 Å². The van der Waals surface area contributed by atoms with Crippen LogP contribution in [0.1, 0.15) is 18.1 Å². The topological polar surface area (TPSA) is 79.3 Å². The zero-order valence-electron chi connectivity index (χ0n) is 18.8. The van der Waals surface area contributed by atoms with Crippen LogP contribution in [-0.2, 0) is 31.4 Å². The summed E-state index contributed by atoms with van der Waals surface area (Å²) in [4.78, 5) is 48.1. The molecule has 0 spiro atoms. The van der Waals surface area contributed by atoms with Crippen molar-refractivity contribution < 1.29 is 19.1 Å². The first kappa shape index (κ1) is 22.9. The lowest BCUT2D eigenvalue weighted by Gasteiger charge is -2.37. The van der Waals surface area contributed by atoms with E-state index in [-0.39, 0.29) is 24.4 Å². The molecule has 0 saturated carbocycles. The maximum absolute atomic E-state index is 13.6. The molecule has 0 bridgehead atoms. The largest absolute Gasteiger partial charge is 0.467 e. The summed E-state index contributed by atoms with van der Waals surface area (Å²) in [5.74, 6) is -1.95. The quantitative estimate of drug-likeness (QED) is 0.465. The van der Waals surface area contributed by atoms with Gasteiger partial charge in [0.25, 0.3) is 0 Å². The third-order valence-corrected chi connectivity index (χ3v) is 8.29. The van der Waals surface area contributed by atoms with Gasteiger partial charge in [0.05, 0.1) is 38.1 Å². The fourth-order valence-corrected chi connectivity index (χ4v) is 6.61. The highest BCUT2D eigenvalue weighted by atomic mass is 35.5. The number of amides is 2. The van der Waals surface area contributed by atoms with Crippen LogP contribution in [0, 0.1) is 11.8 Å². The summed E-state index contributed by atoms with van der Waals surface area (Å²) in [6, 6.07) is 16.6. The average molecular weight is 498 g/mol. The number of benzene rings is 2. The van der Waals surface area contributed by atoms with Gasteiger partial charge in [0.1, 0.15) is 5.54 Å². The minimum Gasteiger partial charge on any atom is -0.467 e. The minimum atomic E-state index is -1.31. The van der Waals surface area contributed by atoms with E-state index in [1.807, 2.05) is 59.5 Å². The average Bonchev–Trinajstić information content (AvgIpc) is 3.46. The molecule has 0 N–H and O–H groups in total. The molecule has 5 rings (SSSR count). The lowest BCUT2D eigenvalue weighted by molar-refractivity contribution is -0.157. The summed E-state index contributed by atoms with van der Waals surface area (Å²) >= 11 is 7.47. The van der Waals surface area contributed by atoms with Gasteiger partial charge in [0.15, 0.2) is 5.17 Å². The van der Waals surface area contributed by atoms with Crippen LogP contribution in [0.5, 0.6) is 0 Å². The van der Waals surface area contributed by atoms with Gasteiger partial charge in [0, 0.05) is 10.8 Å². The summed E-state index contributed by atoms with van der Waals surface area (Å²) in [5.41, 5.74) is 0.605. The number of amidine groups is 1. The standard InChI is InChI=1S/C25H24ClN3O4S/c1-25(23(32)33-2)20-19(21(30)28(22(20)31)13-15-6-4-3-5-7-15)18-12-27-24(29(18)25)34-14-16-8-10-17(26)11-9-16/h3-11,18-20H,12-14H2,1-2H3/t18-,19+,20-,25-/m1/s1. The van der Waals surface area contributed by atoms with Gasteiger partial charge in [-0.3, -0.25) is 19.5 Å². The second kappa shape index (κ2) is 8.74. The number of likely N-dealkylation sites (tertiary alicyclic amines) is 1. The first-order valence-corrected chi connectivity index (χ1v) is 12.4. The molecule has 0 aromatic heterocycles. The highest BCUT2D eigenvalue weighted by Crippen LogP contribution is 2.52. The van der Waals surface area contributed by atoms with E-state index in [1.54, 1.807) is 6.92 Å². The van der Waals surface area contributed by atoms with E-state index in [9.17, 15) is 14.4 Å². The van der Waals surface area contributed by atoms with E-state index in [0.717, 1.165) is 11.1 Å². The molecule has 3 aliphatic rings. The highest BCUT2D eigenvalue weighted by Gasteiger charge is 2.72. The van der Waals surface area contributed by atoms with Gasteiger partial charge in [-0.15, -0.1) is 0 Å². The molecule has 2 saturated heterocycles. The Morgan fingerprint density at radius 1 is 1.12 bits per heavy atom. The molecule has 3 heterocycles. The minimum absolute atomic E-state index is 0.189. The molecule has 4 atom stereocenters. The van der Waals surface area contributed by atoms with Crippen molar-refractivity contribution >= 4 is 46.3 Å². The smallest absolute Gasteiger partial charge is 0.332 e. The van der Waals surface area contributed by atoms with Crippen molar-refractivity contribution in [2.45, 2.75) is 30.8 Å². The van der Waals surface area contributed by atoms with Crippen molar-refractivity contribution in [2.24, 2.45) is 16.8 Å². The Hall–Kier alpha value is -2.84. The second-order valence-corrected chi connectivity index (χ2v) is 10.2. The molecule has 9 heteroatoms. The number of carbonyl (C=O) groups is 3. The molecule has 0 unspecified atom stereocenters. The summed E-state index contributed by atoms with van der Waals surface area (Å²) in [7, 11) is 1.31. The molecule has 7 nitrogen and oxygen atoms in total. The fourth-order valence-electron chi connectivity index (χ4n) is 5.37. The van der Waals surface area contributed by atoms with Gasteiger partial charge in [0.2, 0.25) is 11.8 Å². The molecule has 176 valence electrons. The molecule has 34 heavy (non-hydrogen) atoms. The second-order valence-electron chi connectivity index (χ2n) is 8.87. The Kier molecular flexibility index (Phi) is 5.90. The molecular weight excluding hydrogens is 474 g/mol. The molecule has 2 aromatic carbocycles. The molecule has 2 aromatic rings. The number of esters is 1. The number of fused-ring (bicyclic) bond motifs is 3. The van der Waals surface area contributed by atoms with Gasteiger partial charge in [-0.2, -0.15) is 0 Å². The molecule has 2 fully saturated rings. The predicted octanol–water partition coefficient (Wildman–Crippen LogP) is 3.36. The van der Waals surface area contributed by atoms with Crippen molar-refractivity contribution in [1.29, 1.82) is 0 Å². The van der Waals surface area contributed by atoms with E-state index >= 15 is 0 Å². The predicted molar refractivity (Wildman–Crippen MR) is 130 cm³/mol. The molecule has 0 aliphatic carbocycles. The van der Waals surface area contributed by atoms with Crippen LogP contribution < -0.4 is 0 Å². The van der Waals surface area contributed by atoms with Crippen LogP contribution >= 0.6 is 23.4 Å². The number of methoxy groups -OCH3 is 1. The van der Waals surface area contributed by atoms with Crippen molar-refractivity contribution in [3.8, 4) is 0 Å². The number of nitrogens with zero attached hydrogens (tertiary/aromatic N) is 3. The Labute approximate surface area is 207 Å². The number of halogens is 1. The molecular formula is C25H24ClN3O4S. The SMILES string of the molecule is COC(=O)[C@@]1(C)[C@H]2C(=O)N(Cc3ccccc3)C(=O)[C@H]2[C@H]2CN=C(SCc3ccc(Cl)cc3)N21. The van der Waals surface area contributed by atoms with Gasteiger partial charge in [-0.25, -0.2) is 4.79 Å². The zero-order valence-corrected chi connectivity index (χ0v) is 20.4. The number of carbonyl (C=O) groups excluding carboxylic acids is 3. The highest BCUT2D eigenvalue weighted by molar-refractivity contribution is 8.13. The lowest BCUT2D eigenvalue weighted by atomic mass is 9.81. The number of hydrogen-bond acceptors (Lipinski definition) is 7. The van der Waals surface area contributed by atoms with Crippen LogP contribution in [-0.4, -0.2) is 58.0 Å². The zero-order chi connectivity index (χ0) is 24.0. The fraction of sp³-hybridized carbons (Fsp3) is 0.360. The third-order valence-electron chi connectivity index (χ3n) is 6.98. The van der Waals surface area contributed by atoms with Crippen LogP contribution in [0.25, 0.3) is 0 Å².